The summed E-state index contributed by atoms with van der Waals surface area (Å²) in [6, 6.07) is 5.18. The normalized spacial score (nSPS) is 11.5. The van der Waals surface area contributed by atoms with Gasteiger partial charge in [0.2, 0.25) is 5.95 Å². The number of aliphatic imine (C=N–C) groups is 1. The molecule has 0 bridgehead atoms. The van der Waals surface area contributed by atoms with E-state index >= 15 is 0 Å². The molecule has 0 amide bonds. The number of aromatic nitrogens is 2. The second-order valence-electron chi connectivity index (χ2n) is 3.52. The van der Waals surface area contributed by atoms with Crippen molar-refractivity contribution < 1.29 is 5.82 Å². The Labute approximate surface area is 100 Å². The van der Waals surface area contributed by atoms with E-state index in [4.69, 9.17) is 0 Å². The number of H-pyrrole nitrogens is 1. The first-order chi connectivity index (χ1) is 8.24. The van der Waals surface area contributed by atoms with Crippen molar-refractivity contribution in [2.45, 2.75) is 6.92 Å². The van der Waals surface area contributed by atoms with Crippen LogP contribution in [0.25, 0.3) is 0 Å². The van der Waals surface area contributed by atoms with E-state index in [2.05, 4.69) is 21.5 Å². The summed E-state index contributed by atoms with van der Waals surface area (Å²) in [5.41, 5.74) is 2.67. The maximum atomic E-state index is 13.7. The van der Waals surface area contributed by atoms with Gasteiger partial charge in [-0.1, -0.05) is 6.58 Å². The van der Waals surface area contributed by atoms with E-state index in [1.165, 1.54) is 12.4 Å². The average molecular weight is 231 g/mol. The number of hydrogen-bond acceptors (Lipinski definition) is 2. The van der Waals surface area contributed by atoms with Crippen LogP contribution in [0.5, 0.6) is 0 Å². The molecule has 0 saturated heterocycles. The van der Waals surface area contributed by atoms with Crippen molar-refractivity contribution >= 4 is 5.71 Å². The largest absolute Gasteiger partial charge is 0.365 e. The highest BCUT2D eigenvalue weighted by molar-refractivity contribution is 6.13. The Kier molecular flexibility index (Phi) is 3.14. The molecular weight excluding hydrogens is 217 g/mol. The minimum absolute atomic E-state index is 0. The van der Waals surface area contributed by atoms with Crippen LogP contribution in [0, 0.1) is 12.9 Å². The van der Waals surface area contributed by atoms with E-state index in [0.29, 0.717) is 11.3 Å². The van der Waals surface area contributed by atoms with Crippen LogP contribution in [0.4, 0.5) is 4.39 Å². The van der Waals surface area contributed by atoms with E-state index in [9.17, 15) is 4.39 Å². The van der Waals surface area contributed by atoms with Crippen LogP contribution < -0.4 is 0 Å². The number of aryl methyl sites for hydroxylation is 1. The fraction of sp³-hybridized carbons (Fsp3) is 0.0769. The first kappa shape index (κ1) is 11.3. The van der Waals surface area contributed by atoms with Crippen molar-refractivity contribution in [2.24, 2.45) is 4.99 Å². The maximum absolute atomic E-state index is 13.7. The zero-order valence-corrected chi connectivity index (χ0v) is 9.44. The number of halogens is 1. The van der Waals surface area contributed by atoms with Gasteiger partial charge in [0.15, 0.2) is 0 Å². The van der Waals surface area contributed by atoms with E-state index in [-0.39, 0.29) is 1.43 Å². The summed E-state index contributed by atoms with van der Waals surface area (Å²) < 4.78 is 13.7. The zero-order chi connectivity index (χ0) is 12.3. The monoisotopic (exact) mass is 231 g/mol. The van der Waals surface area contributed by atoms with E-state index in [1.807, 2.05) is 13.0 Å². The summed E-state index contributed by atoms with van der Waals surface area (Å²) in [7, 11) is 0. The highest BCUT2D eigenvalue weighted by Gasteiger charge is 2.14. The summed E-state index contributed by atoms with van der Waals surface area (Å²) in [6.07, 6.45) is 4.60. The van der Waals surface area contributed by atoms with Gasteiger partial charge in [-0.15, -0.1) is 0 Å². The molecule has 0 aliphatic rings. The molecule has 0 atom stereocenters. The average Bonchev–Trinajstić information content (AvgIpc) is 2.74. The van der Waals surface area contributed by atoms with Crippen LogP contribution >= 0.6 is 0 Å². The molecule has 2 heterocycles. The Balaban J connectivity index is 0.00000162. The summed E-state index contributed by atoms with van der Waals surface area (Å²) in [4.78, 5) is 10.8. The Hall–Kier alpha value is -2.23. The molecule has 2 rings (SSSR count). The molecule has 88 valence electrons. The van der Waals surface area contributed by atoms with Gasteiger partial charge in [0, 0.05) is 31.3 Å². The van der Waals surface area contributed by atoms with Gasteiger partial charge in [-0.2, -0.15) is 4.39 Å². The van der Waals surface area contributed by atoms with Crippen LogP contribution in [-0.4, -0.2) is 15.7 Å². The van der Waals surface area contributed by atoms with E-state index in [0.717, 1.165) is 11.3 Å². The van der Waals surface area contributed by atoms with Crippen LogP contribution in [0.15, 0.2) is 48.4 Å². The van der Waals surface area contributed by atoms with Crippen molar-refractivity contribution in [3.05, 3.63) is 66.1 Å². The minimum atomic E-state index is -0.534. The predicted molar refractivity (Wildman–Crippen MR) is 67.7 cm³/mol. The van der Waals surface area contributed by atoms with Crippen molar-refractivity contribution in [2.75, 3.05) is 0 Å². The molecule has 1 N–H and O–H groups in total. The molecule has 17 heavy (non-hydrogen) atoms. The minimum Gasteiger partial charge on any atom is -0.365 e. The Morgan fingerprint density at radius 2 is 2.35 bits per heavy atom. The van der Waals surface area contributed by atoms with E-state index in [1.54, 1.807) is 18.3 Å². The van der Waals surface area contributed by atoms with Gasteiger partial charge in [0.05, 0.1) is 11.3 Å². The van der Waals surface area contributed by atoms with Gasteiger partial charge < -0.3 is 4.98 Å². The zero-order valence-electron chi connectivity index (χ0n) is 9.44. The lowest BCUT2D eigenvalue weighted by Gasteiger charge is -2.05. The third-order valence-electron chi connectivity index (χ3n) is 2.44. The van der Waals surface area contributed by atoms with Crippen molar-refractivity contribution in [3.63, 3.8) is 0 Å². The second-order valence-corrected chi connectivity index (χ2v) is 3.52. The van der Waals surface area contributed by atoms with Crippen LogP contribution in [0.3, 0.4) is 0 Å². The van der Waals surface area contributed by atoms with Crippen LogP contribution in [0.1, 0.15) is 18.2 Å². The number of pyridine rings is 1. The van der Waals surface area contributed by atoms with Crippen molar-refractivity contribution in [1.82, 2.24) is 9.97 Å². The molecule has 0 fully saturated rings. The molecule has 0 saturated carbocycles. The molecule has 0 radical (unpaired) electrons. The number of aromatic amines is 1. The molecule has 2 aromatic heterocycles. The molecule has 3 nitrogen and oxygen atoms in total. The Morgan fingerprint density at radius 3 is 2.94 bits per heavy atom. The lowest BCUT2D eigenvalue weighted by Crippen LogP contribution is -2.07. The third kappa shape index (κ3) is 2.15. The molecule has 0 aromatic carbocycles. The van der Waals surface area contributed by atoms with Crippen LogP contribution in [0.2, 0.25) is 0 Å². The predicted octanol–water partition coefficient (Wildman–Crippen LogP) is 3.08. The lowest BCUT2D eigenvalue weighted by atomic mass is 10.0. The number of hydrogen-bond donors (Lipinski definition) is 1. The molecular formula is C13H14FN3. The lowest BCUT2D eigenvalue weighted by molar-refractivity contribution is 0.581. The fourth-order valence-electron chi connectivity index (χ4n) is 1.65. The maximum Gasteiger partial charge on any atom is 0.222 e. The summed E-state index contributed by atoms with van der Waals surface area (Å²) >= 11 is 0. The molecule has 0 unspecified atom stereocenters. The number of nitrogens with one attached hydrogen (secondary N) is 1. The highest BCUT2D eigenvalue weighted by atomic mass is 19.1. The second kappa shape index (κ2) is 4.74. The first-order valence-electron chi connectivity index (χ1n) is 5.18. The van der Waals surface area contributed by atoms with Crippen molar-refractivity contribution in [3.8, 4) is 0 Å². The van der Waals surface area contributed by atoms with Gasteiger partial charge in [0.1, 0.15) is 0 Å². The first-order valence-corrected chi connectivity index (χ1v) is 5.18. The molecule has 0 aliphatic carbocycles. The summed E-state index contributed by atoms with van der Waals surface area (Å²) in [6.45, 7) is 5.46. The van der Waals surface area contributed by atoms with Gasteiger partial charge in [-0.25, -0.2) is 4.98 Å². The van der Waals surface area contributed by atoms with Gasteiger partial charge in [-0.05, 0) is 25.1 Å². The molecule has 0 aliphatic heterocycles. The third-order valence-corrected chi connectivity index (χ3v) is 2.44. The van der Waals surface area contributed by atoms with Crippen molar-refractivity contribution in [1.29, 1.82) is 0 Å². The SMILES string of the molecule is C=CN=C(c1cccnc1F)c1cc[nH]c1C.[HH]. The van der Waals surface area contributed by atoms with E-state index < -0.39 is 5.95 Å². The van der Waals surface area contributed by atoms with Gasteiger partial charge in [0.25, 0.3) is 0 Å². The quantitative estimate of drug-likeness (QED) is 0.640. The smallest absolute Gasteiger partial charge is 0.222 e. The number of rotatable bonds is 3. The van der Waals surface area contributed by atoms with Gasteiger partial charge >= 0.3 is 0 Å². The number of nitrogens with zero attached hydrogens (tertiary/aromatic N) is 2. The Bertz CT molecular complexity index is 575. The fourth-order valence-corrected chi connectivity index (χ4v) is 1.65. The molecule has 0 spiro atoms. The summed E-state index contributed by atoms with van der Waals surface area (Å²) in [5, 5.41) is 0. The van der Waals surface area contributed by atoms with Crippen LogP contribution in [-0.2, 0) is 0 Å². The van der Waals surface area contributed by atoms with Gasteiger partial charge in [-0.3, -0.25) is 4.99 Å². The highest BCUT2D eigenvalue weighted by Crippen LogP contribution is 2.15. The topological polar surface area (TPSA) is 41.0 Å². The molecule has 2 aromatic rings. The Morgan fingerprint density at radius 1 is 1.53 bits per heavy atom. The standard InChI is InChI=1S/C13H12FN3.H2/c1-3-15-12(10-6-8-16-9(10)2)11-5-4-7-17-13(11)14;/h3-8,16H,1H2,2H3;1H. The summed E-state index contributed by atoms with van der Waals surface area (Å²) in [5.74, 6) is -0.534. The molecule has 4 heteroatoms.